The first-order valence-corrected chi connectivity index (χ1v) is 4.50. The minimum atomic E-state index is -0.664. The van der Waals surface area contributed by atoms with Crippen LogP contribution in [0.5, 0.6) is 0 Å². The van der Waals surface area contributed by atoms with E-state index >= 15 is 0 Å². The van der Waals surface area contributed by atoms with E-state index in [4.69, 9.17) is 5.73 Å². The summed E-state index contributed by atoms with van der Waals surface area (Å²) in [6, 6.07) is 1.37. The van der Waals surface area contributed by atoms with Crippen LogP contribution in [-0.4, -0.2) is 22.6 Å². The van der Waals surface area contributed by atoms with Gasteiger partial charge in [-0.2, -0.15) is 5.10 Å². The first kappa shape index (κ1) is 11.2. The molecule has 6 nitrogen and oxygen atoms in total. The molecule has 1 aromatic rings. The molecule has 0 fully saturated rings. The molecule has 1 rings (SSSR count). The van der Waals surface area contributed by atoms with Crippen molar-refractivity contribution in [1.29, 1.82) is 0 Å². The summed E-state index contributed by atoms with van der Waals surface area (Å²) in [5, 5.41) is 8.79. The largest absolute Gasteiger partial charge is 0.383 e. The number of nitrogens with zero attached hydrogens (tertiary/aromatic N) is 1. The van der Waals surface area contributed by atoms with Gasteiger partial charge >= 0.3 is 0 Å². The number of hydrogen-bond donors (Lipinski definition) is 3. The fourth-order valence-electron chi connectivity index (χ4n) is 0.883. The SMILES string of the molecule is CC(C)(CNc1cn[nH]c(=O)c1)C(N)=O. The van der Waals surface area contributed by atoms with Gasteiger partial charge in [0.15, 0.2) is 0 Å². The molecule has 15 heavy (non-hydrogen) atoms. The van der Waals surface area contributed by atoms with E-state index in [1.807, 2.05) is 0 Å². The van der Waals surface area contributed by atoms with Gasteiger partial charge in [-0.25, -0.2) is 5.10 Å². The van der Waals surface area contributed by atoms with Gasteiger partial charge < -0.3 is 11.1 Å². The fraction of sp³-hybridized carbons (Fsp3) is 0.444. The van der Waals surface area contributed by atoms with Gasteiger partial charge in [-0.1, -0.05) is 0 Å². The summed E-state index contributed by atoms with van der Waals surface area (Å²) in [7, 11) is 0. The molecule has 0 radical (unpaired) electrons. The lowest BCUT2D eigenvalue weighted by Crippen LogP contribution is -2.37. The summed E-state index contributed by atoms with van der Waals surface area (Å²) in [5.41, 5.74) is 4.81. The number of amides is 1. The highest BCUT2D eigenvalue weighted by Gasteiger charge is 2.24. The van der Waals surface area contributed by atoms with Crippen molar-refractivity contribution >= 4 is 11.6 Å². The van der Waals surface area contributed by atoms with Crippen molar-refractivity contribution in [3.8, 4) is 0 Å². The second kappa shape index (κ2) is 4.12. The Hall–Kier alpha value is -1.85. The maximum atomic E-state index is 11.0. The molecular weight excluding hydrogens is 196 g/mol. The second-order valence-corrected chi connectivity index (χ2v) is 3.94. The monoisotopic (exact) mass is 210 g/mol. The third-order valence-electron chi connectivity index (χ3n) is 2.07. The number of carbonyl (C=O) groups excluding carboxylic acids is 1. The predicted octanol–water partition coefficient (Wildman–Crippen LogP) is -0.307. The molecule has 0 saturated carbocycles. The van der Waals surface area contributed by atoms with E-state index in [1.165, 1.54) is 12.3 Å². The molecule has 0 unspecified atom stereocenters. The van der Waals surface area contributed by atoms with Crippen molar-refractivity contribution in [3.05, 3.63) is 22.6 Å². The zero-order chi connectivity index (χ0) is 11.5. The van der Waals surface area contributed by atoms with Crippen LogP contribution in [0.3, 0.4) is 0 Å². The number of rotatable bonds is 4. The van der Waals surface area contributed by atoms with Crippen molar-refractivity contribution in [3.63, 3.8) is 0 Å². The van der Waals surface area contributed by atoms with E-state index in [-0.39, 0.29) is 5.56 Å². The molecule has 1 aromatic heterocycles. The Morgan fingerprint density at radius 3 is 2.87 bits per heavy atom. The number of nitrogens with one attached hydrogen (secondary N) is 2. The van der Waals surface area contributed by atoms with E-state index in [0.29, 0.717) is 12.2 Å². The van der Waals surface area contributed by atoms with Crippen LogP contribution in [0.15, 0.2) is 17.1 Å². The molecule has 0 saturated heterocycles. The van der Waals surface area contributed by atoms with E-state index in [2.05, 4.69) is 15.5 Å². The Balaban J connectivity index is 2.65. The van der Waals surface area contributed by atoms with Crippen LogP contribution >= 0.6 is 0 Å². The minimum Gasteiger partial charge on any atom is -0.383 e. The molecule has 0 aliphatic rings. The van der Waals surface area contributed by atoms with E-state index in [1.54, 1.807) is 13.8 Å². The predicted molar refractivity (Wildman–Crippen MR) is 56.3 cm³/mol. The number of anilines is 1. The molecule has 0 aromatic carbocycles. The Kier molecular flexibility index (Phi) is 3.08. The summed E-state index contributed by atoms with van der Waals surface area (Å²) >= 11 is 0. The number of carbonyl (C=O) groups is 1. The molecule has 1 amide bonds. The molecule has 0 spiro atoms. The third kappa shape index (κ3) is 3.08. The van der Waals surface area contributed by atoms with E-state index in [0.717, 1.165) is 0 Å². The smallest absolute Gasteiger partial charge is 0.266 e. The van der Waals surface area contributed by atoms with Crippen LogP contribution in [0, 0.1) is 5.41 Å². The summed E-state index contributed by atoms with van der Waals surface area (Å²) in [4.78, 5) is 21.9. The van der Waals surface area contributed by atoms with Gasteiger partial charge in [0.2, 0.25) is 5.91 Å². The van der Waals surface area contributed by atoms with Gasteiger partial charge in [-0.05, 0) is 13.8 Å². The zero-order valence-corrected chi connectivity index (χ0v) is 8.70. The second-order valence-electron chi connectivity index (χ2n) is 3.94. The summed E-state index contributed by atoms with van der Waals surface area (Å²) in [5.74, 6) is -0.396. The quantitative estimate of drug-likeness (QED) is 0.634. The van der Waals surface area contributed by atoms with Crippen molar-refractivity contribution in [2.45, 2.75) is 13.8 Å². The Morgan fingerprint density at radius 1 is 1.67 bits per heavy atom. The summed E-state index contributed by atoms with van der Waals surface area (Å²) in [6.45, 7) is 3.80. The van der Waals surface area contributed by atoms with Crippen molar-refractivity contribution in [2.24, 2.45) is 11.1 Å². The van der Waals surface area contributed by atoms with Gasteiger partial charge in [0.1, 0.15) is 0 Å². The molecule has 82 valence electrons. The van der Waals surface area contributed by atoms with Crippen molar-refractivity contribution < 1.29 is 4.79 Å². The van der Waals surface area contributed by atoms with Crippen LogP contribution in [0.25, 0.3) is 0 Å². The van der Waals surface area contributed by atoms with E-state index < -0.39 is 11.3 Å². The third-order valence-corrected chi connectivity index (χ3v) is 2.07. The highest BCUT2D eigenvalue weighted by Crippen LogP contribution is 2.14. The van der Waals surface area contributed by atoms with Crippen molar-refractivity contribution in [1.82, 2.24) is 10.2 Å². The molecular formula is C9H14N4O2. The first-order chi connectivity index (χ1) is 6.92. The normalized spacial score (nSPS) is 11.1. The van der Waals surface area contributed by atoms with Gasteiger partial charge in [-0.15, -0.1) is 0 Å². The van der Waals surface area contributed by atoms with Gasteiger partial charge in [0.05, 0.1) is 17.3 Å². The number of hydrogen-bond acceptors (Lipinski definition) is 4. The lowest BCUT2D eigenvalue weighted by Gasteiger charge is -2.21. The lowest BCUT2D eigenvalue weighted by atomic mass is 9.93. The summed E-state index contributed by atoms with van der Waals surface area (Å²) < 4.78 is 0. The molecule has 0 bridgehead atoms. The van der Waals surface area contributed by atoms with Gasteiger partial charge in [0.25, 0.3) is 5.56 Å². The van der Waals surface area contributed by atoms with Crippen molar-refractivity contribution in [2.75, 3.05) is 11.9 Å². The number of aromatic amines is 1. The maximum absolute atomic E-state index is 11.0. The number of nitrogens with two attached hydrogens (primary N) is 1. The molecule has 6 heteroatoms. The number of H-pyrrole nitrogens is 1. The van der Waals surface area contributed by atoms with E-state index in [9.17, 15) is 9.59 Å². The standard InChI is InChI=1S/C9H14N4O2/c1-9(2,8(10)15)5-11-6-3-7(14)13-12-4-6/h3-4H,5H2,1-2H3,(H2,10,15)(H2,11,13,14). The Morgan fingerprint density at radius 2 is 2.33 bits per heavy atom. The highest BCUT2D eigenvalue weighted by molar-refractivity contribution is 5.80. The average molecular weight is 210 g/mol. The molecule has 4 N–H and O–H groups in total. The number of aromatic nitrogens is 2. The van der Waals surface area contributed by atoms with Gasteiger partial charge in [-0.3, -0.25) is 9.59 Å². The molecule has 0 atom stereocenters. The Bertz CT molecular complexity index is 411. The van der Waals surface area contributed by atoms with Crippen LogP contribution in [-0.2, 0) is 4.79 Å². The molecule has 0 aliphatic heterocycles. The van der Waals surface area contributed by atoms with Gasteiger partial charge in [0, 0.05) is 12.6 Å². The maximum Gasteiger partial charge on any atom is 0.266 e. The Labute approximate surface area is 86.9 Å². The summed E-state index contributed by atoms with van der Waals surface area (Å²) in [6.07, 6.45) is 1.47. The first-order valence-electron chi connectivity index (χ1n) is 4.50. The average Bonchev–Trinajstić information content (AvgIpc) is 2.15. The zero-order valence-electron chi connectivity index (χ0n) is 8.70. The molecule has 0 aliphatic carbocycles. The van der Waals surface area contributed by atoms with Crippen LogP contribution in [0.4, 0.5) is 5.69 Å². The highest BCUT2D eigenvalue weighted by atomic mass is 16.1. The molecule has 1 heterocycles. The minimum absolute atomic E-state index is 0.295. The fourth-order valence-corrected chi connectivity index (χ4v) is 0.883. The van der Waals surface area contributed by atoms with Crippen LogP contribution in [0.1, 0.15) is 13.8 Å². The topological polar surface area (TPSA) is 101 Å². The number of primary amides is 1. The van der Waals surface area contributed by atoms with Crippen LogP contribution < -0.4 is 16.6 Å². The van der Waals surface area contributed by atoms with Crippen LogP contribution in [0.2, 0.25) is 0 Å². The lowest BCUT2D eigenvalue weighted by molar-refractivity contribution is -0.125.